The molecule has 0 radical (unpaired) electrons. The van der Waals surface area contributed by atoms with E-state index in [1.807, 2.05) is 0 Å². The molecule has 0 saturated carbocycles. The zero-order chi connectivity index (χ0) is 11.9. The number of nitrogens with two attached hydrogens (primary N) is 1. The summed E-state index contributed by atoms with van der Waals surface area (Å²) in [6.45, 7) is 14.5. The second-order valence-corrected chi connectivity index (χ2v) is 5.77. The molecule has 2 atom stereocenters. The first-order valence-electron chi connectivity index (χ1n) is 6.32. The molecule has 0 aromatic carbocycles. The van der Waals surface area contributed by atoms with E-state index in [-0.39, 0.29) is 0 Å². The van der Waals surface area contributed by atoms with Gasteiger partial charge in [0.25, 0.3) is 0 Å². The van der Waals surface area contributed by atoms with E-state index in [4.69, 9.17) is 5.73 Å². The second-order valence-electron chi connectivity index (χ2n) is 5.77. The molecule has 0 amide bonds. The highest BCUT2D eigenvalue weighted by molar-refractivity contribution is 4.72. The van der Waals surface area contributed by atoms with Crippen molar-refractivity contribution in [3.05, 3.63) is 0 Å². The van der Waals surface area contributed by atoms with Gasteiger partial charge in [-0.1, -0.05) is 41.0 Å². The van der Waals surface area contributed by atoms with E-state index < -0.39 is 0 Å². The van der Waals surface area contributed by atoms with E-state index in [0.29, 0.717) is 11.3 Å². The van der Waals surface area contributed by atoms with Crippen LogP contribution in [0.3, 0.4) is 0 Å². The topological polar surface area (TPSA) is 38.0 Å². The Morgan fingerprint density at radius 1 is 1.27 bits per heavy atom. The minimum atomic E-state index is 0.408. The van der Waals surface area contributed by atoms with E-state index in [1.54, 1.807) is 0 Å². The second kappa shape index (κ2) is 7.24. The van der Waals surface area contributed by atoms with Gasteiger partial charge in [-0.25, -0.2) is 0 Å². The van der Waals surface area contributed by atoms with Crippen LogP contribution in [-0.4, -0.2) is 19.6 Å². The summed E-state index contributed by atoms with van der Waals surface area (Å²) in [6, 6.07) is 0. The van der Waals surface area contributed by atoms with Crippen molar-refractivity contribution >= 4 is 0 Å². The Morgan fingerprint density at radius 2 is 1.87 bits per heavy atom. The van der Waals surface area contributed by atoms with Gasteiger partial charge >= 0.3 is 0 Å². The normalized spacial score (nSPS) is 16.4. The van der Waals surface area contributed by atoms with Gasteiger partial charge in [-0.2, -0.15) is 0 Å². The van der Waals surface area contributed by atoms with Crippen molar-refractivity contribution in [2.24, 2.45) is 23.0 Å². The lowest BCUT2D eigenvalue weighted by molar-refractivity contribution is 0.251. The van der Waals surface area contributed by atoms with Gasteiger partial charge in [0.05, 0.1) is 0 Å². The molecule has 0 rings (SSSR count). The average Bonchev–Trinajstić information content (AvgIpc) is 2.16. The molecule has 15 heavy (non-hydrogen) atoms. The van der Waals surface area contributed by atoms with Crippen molar-refractivity contribution in [1.29, 1.82) is 0 Å². The summed E-state index contributed by atoms with van der Waals surface area (Å²) >= 11 is 0. The fourth-order valence-electron chi connectivity index (χ4n) is 1.42. The van der Waals surface area contributed by atoms with Crippen molar-refractivity contribution in [3.63, 3.8) is 0 Å². The lowest BCUT2D eigenvalue weighted by Crippen LogP contribution is -2.31. The molecule has 0 heterocycles. The number of rotatable bonds is 7. The van der Waals surface area contributed by atoms with E-state index in [0.717, 1.165) is 25.6 Å². The van der Waals surface area contributed by atoms with E-state index in [1.165, 1.54) is 12.8 Å². The predicted molar refractivity (Wildman–Crippen MR) is 68.9 cm³/mol. The number of hydrogen-bond donors (Lipinski definition) is 2. The molecule has 0 saturated heterocycles. The van der Waals surface area contributed by atoms with Crippen LogP contribution in [-0.2, 0) is 0 Å². The maximum Gasteiger partial charge on any atom is -0.00182 e. The largest absolute Gasteiger partial charge is 0.330 e. The van der Waals surface area contributed by atoms with Crippen LogP contribution in [0.4, 0.5) is 0 Å². The van der Waals surface area contributed by atoms with Gasteiger partial charge in [0, 0.05) is 0 Å². The quantitative estimate of drug-likeness (QED) is 0.639. The fourth-order valence-corrected chi connectivity index (χ4v) is 1.42. The fraction of sp³-hybridized carbons (Fsp3) is 1.00. The highest BCUT2D eigenvalue weighted by atomic mass is 14.9. The van der Waals surface area contributed by atoms with Crippen molar-refractivity contribution in [2.45, 2.75) is 47.5 Å². The molecule has 0 aromatic rings. The molecule has 2 heteroatoms. The third kappa shape index (κ3) is 6.91. The Morgan fingerprint density at radius 3 is 2.27 bits per heavy atom. The van der Waals surface area contributed by atoms with Crippen LogP contribution in [0.5, 0.6) is 0 Å². The summed E-state index contributed by atoms with van der Waals surface area (Å²) in [6.07, 6.45) is 2.41. The molecule has 0 aliphatic heterocycles. The molecule has 2 unspecified atom stereocenters. The smallest absolute Gasteiger partial charge is 0.00182 e. The maximum atomic E-state index is 5.67. The summed E-state index contributed by atoms with van der Waals surface area (Å²) in [5.41, 5.74) is 6.07. The third-order valence-corrected chi connectivity index (χ3v) is 3.57. The summed E-state index contributed by atoms with van der Waals surface area (Å²) < 4.78 is 0. The van der Waals surface area contributed by atoms with Gasteiger partial charge in [0.1, 0.15) is 0 Å². The summed E-state index contributed by atoms with van der Waals surface area (Å²) in [4.78, 5) is 0. The predicted octanol–water partition coefficient (Wildman–Crippen LogP) is 2.63. The van der Waals surface area contributed by atoms with Crippen LogP contribution >= 0.6 is 0 Å². The van der Waals surface area contributed by atoms with Crippen molar-refractivity contribution in [1.82, 2.24) is 5.32 Å². The van der Waals surface area contributed by atoms with Crippen molar-refractivity contribution in [3.8, 4) is 0 Å². The van der Waals surface area contributed by atoms with Gasteiger partial charge < -0.3 is 11.1 Å². The Bertz CT molecular complexity index is 145. The Hall–Kier alpha value is -0.0800. The highest BCUT2D eigenvalue weighted by Gasteiger charge is 2.19. The molecule has 0 aliphatic carbocycles. The van der Waals surface area contributed by atoms with Crippen LogP contribution in [0, 0.1) is 17.3 Å². The first-order chi connectivity index (χ1) is 6.91. The molecular formula is C13H30N2. The minimum Gasteiger partial charge on any atom is -0.330 e. The van der Waals surface area contributed by atoms with Gasteiger partial charge in [-0.15, -0.1) is 0 Å². The molecular weight excluding hydrogens is 184 g/mol. The number of hydrogen-bond acceptors (Lipinski definition) is 2. The molecule has 3 N–H and O–H groups in total. The van der Waals surface area contributed by atoms with Gasteiger partial charge in [-0.3, -0.25) is 0 Å². The van der Waals surface area contributed by atoms with Crippen LogP contribution in [0.15, 0.2) is 0 Å². The first-order valence-corrected chi connectivity index (χ1v) is 6.32. The van der Waals surface area contributed by atoms with Crippen molar-refractivity contribution < 1.29 is 0 Å². The first kappa shape index (κ1) is 14.9. The molecule has 0 bridgehead atoms. The maximum absolute atomic E-state index is 5.67. The molecule has 92 valence electrons. The summed E-state index contributed by atoms with van der Waals surface area (Å²) in [7, 11) is 0. The summed E-state index contributed by atoms with van der Waals surface area (Å²) in [5, 5.41) is 3.54. The monoisotopic (exact) mass is 214 g/mol. The molecule has 0 aliphatic rings. The zero-order valence-corrected chi connectivity index (χ0v) is 11.3. The minimum absolute atomic E-state index is 0.408. The Kier molecular flexibility index (Phi) is 7.20. The third-order valence-electron chi connectivity index (χ3n) is 3.57. The van der Waals surface area contributed by atoms with Crippen LogP contribution in [0.2, 0.25) is 0 Å². The molecule has 0 spiro atoms. The number of nitrogens with one attached hydrogen (secondary N) is 1. The van der Waals surface area contributed by atoms with Crippen LogP contribution in [0.1, 0.15) is 47.5 Å². The Labute approximate surface area is 96.0 Å². The average molecular weight is 214 g/mol. The van der Waals surface area contributed by atoms with E-state index in [9.17, 15) is 0 Å². The zero-order valence-electron chi connectivity index (χ0n) is 11.3. The van der Waals surface area contributed by atoms with E-state index in [2.05, 4.69) is 39.9 Å². The standard InChI is InChI=1S/C13H30N2/c1-6-12(9-14)7-8-15-10-11(2)13(3,4)5/h11-12,15H,6-10,14H2,1-5H3. The lowest BCUT2D eigenvalue weighted by atomic mass is 9.82. The van der Waals surface area contributed by atoms with Crippen LogP contribution < -0.4 is 11.1 Å². The van der Waals surface area contributed by atoms with Gasteiger partial charge in [0.15, 0.2) is 0 Å². The lowest BCUT2D eigenvalue weighted by Gasteiger charge is -2.27. The molecule has 0 aromatic heterocycles. The van der Waals surface area contributed by atoms with Gasteiger partial charge in [-0.05, 0) is 43.3 Å². The molecule has 0 fully saturated rings. The highest BCUT2D eigenvalue weighted by Crippen LogP contribution is 2.24. The Balaban J connectivity index is 3.54. The summed E-state index contributed by atoms with van der Waals surface area (Å²) in [5.74, 6) is 1.41. The van der Waals surface area contributed by atoms with E-state index >= 15 is 0 Å². The SMILES string of the molecule is CCC(CN)CCNCC(C)C(C)(C)C. The molecule has 2 nitrogen and oxygen atoms in total. The van der Waals surface area contributed by atoms with Crippen LogP contribution in [0.25, 0.3) is 0 Å². The van der Waals surface area contributed by atoms with Crippen molar-refractivity contribution in [2.75, 3.05) is 19.6 Å². The van der Waals surface area contributed by atoms with Gasteiger partial charge in [0.2, 0.25) is 0 Å².